The van der Waals surface area contributed by atoms with Gasteiger partial charge in [-0.1, -0.05) is 5.16 Å². The van der Waals surface area contributed by atoms with Gasteiger partial charge in [-0.25, -0.2) is 4.79 Å². The van der Waals surface area contributed by atoms with Gasteiger partial charge < -0.3 is 20.3 Å². The summed E-state index contributed by atoms with van der Waals surface area (Å²) in [6.07, 6.45) is 1.57. The average molecular weight is 242 g/mol. The summed E-state index contributed by atoms with van der Waals surface area (Å²) in [5, 5.41) is 17.1. The third-order valence-corrected chi connectivity index (χ3v) is 1.98. The molecule has 0 spiro atoms. The summed E-state index contributed by atoms with van der Waals surface area (Å²) in [7, 11) is 0. The van der Waals surface area contributed by atoms with Crippen LogP contribution in [0.5, 0.6) is 0 Å². The number of hydrogen-bond acceptors (Lipinski definition) is 5. The van der Waals surface area contributed by atoms with Crippen molar-refractivity contribution in [2.45, 2.75) is 32.4 Å². The number of carboxylic acid groups (broad SMARTS) is 1. The second-order valence-electron chi connectivity index (χ2n) is 3.51. The van der Waals surface area contributed by atoms with Gasteiger partial charge in [-0.3, -0.25) is 4.79 Å². The zero-order chi connectivity index (χ0) is 12.7. The Balaban J connectivity index is 2.18. The molecule has 0 aromatic carbocycles. The van der Waals surface area contributed by atoms with Crippen molar-refractivity contribution < 1.29 is 19.2 Å². The Kier molecular flexibility index (Phi) is 4.92. The van der Waals surface area contributed by atoms with Crippen molar-refractivity contribution in [2.75, 3.05) is 0 Å². The van der Waals surface area contributed by atoms with E-state index in [1.807, 2.05) is 0 Å². The number of carbonyl (C=O) groups is 2. The third kappa shape index (κ3) is 5.50. The first-order valence-corrected chi connectivity index (χ1v) is 5.09. The van der Waals surface area contributed by atoms with Gasteiger partial charge in [-0.2, -0.15) is 4.98 Å². The minimum Gasteiger partial charge on any atom is -0.481 e. The maximum absolute atomic E-state index is 11.3. The lowest BCUT2D eigenvalue weighted by Crippen LogP contribution is -2.40. The predicted molar refractivity (Wildman–Crippen MR) is 56.0 cm³/mol. The van der Waals surface area contributed by atoms with Crippen molar-refractivity contribution in [2.24, 2.45) is 0 Å². The van der Waals surface area contributed by atoms with E-state index in [0.29, 0.717) is 12.2 Å². The van der Waals surface area contributed by atoms with E-state index in [4.69, 9.17) is 5.11 Å². The molecule has 0 fully saturated rings. The maximum atomic E-state index is 11.3. The summed E-state index contributed by atoms with van der Waals surface area (Å²) < 4.78 is 4.49. The molecule has 1 atom stereocenters. The molecule has 1 rings (SSSR count). The molecule has 2 amide bonds. The quantitative estimate of drug-likeness (QED) is 0.652. The van der Waals surface area contributed by atoms with Crippen LogP contribution in [0.15, 0.2) is 10.9 Å². The first-order valence-electron chi connectivity index (χ1n) is 5.09. The van der Waals surface area contributed by atoms with Crippen molar-refractivity contribution in [3.05, 3.63) is 12.2 Å². The molecule has 1 unspecified atom stereocenters. The summed E-state index contributed by atoms with van der Waals surface area (Å²) in [4.78, 5) is 25.4. The van der Waals surface area contributed by atoms with Crippen molar-refractivity contribution in [1.82, 2.24) is 20.8 Å². The number of rotatable bonds is 6. The summed E-state index contributed by atoms with van der Waals surface area (Å²) in [5.74, 6) is -0.510. The first kappa shape index (κ1) is 12.9. The van der Waals surface area contributed by atoms with Crippen LogP contribution in [-0.2, 0) is 11.3 Å². The van der Waals surface area contributed by atoms with Crippen LogP contribution in [0.25, 0.3) is 0 Å². The molecule has 94 valence electrons. The summed E-state index contributed by atoms with van der Waals surface area (Å²) >= 11 is 0. The largest absolute Gasteiger partial charge is 0.481 e. The smallest absolute Gasteiger partial charge is 0.315 e. The van der Waals surface area contributed by atoms with E-state index in [0.717, 1.165) is 0 Å². The number of carbonyl (C=O) groups excluding carboxylic acids is 1. The highest BCUT2D eigenvalue weighted by molar-refractivity contribution is 5.74. The molecule has 8 heteroatoms. The fourth-order valence-electron chi connectivity index (χ4n) is 1.12. The van der Waals surface area contributed by atoms with Crippen LogP contribution in [0, 0.1) is 0 Å². The lowest BCUT2D eigenvalue weighted by Gasteiger charge is -2.12. The number of hydrogen-bond donors (Lipinski definition) is 3. The van der Waals surface area contributed by atoms with E-state index < -0.39 is 12.0 Å². The summed E-state index contributed by atoms with van der Waals surface area (Å²) in [6, 6.07) is -0.607. The Bertz CT molecular complexity index is 365. The number of urea groups is 1. The normalized spacial score (nSPS) is 11.8. The fraction of sp³-hybridized carbons (Fsp3) is 0.556. The third-order valence-electron chi connectivity index (χ3n) is 1.98. The van der Waals surface area contributed by atoms with Gasteiger partial charge >= 0.3 is 12.0 Å². The highest BCUT2D eigenvalue weighted by Gasteiger charge is 2.09. The molecular weight excluding hydrogens is 228 g/mol. The lowest BCUT2D eigenvalue weighted by atomic mass is 10.2. The molecule has 3 N–H and O–H groups in total. The Labute approximate surface area is 97.4 Å². The topological polar surface area (TPSA) is 117 Å². The molecule has 1 heterocycles. The lowest BCUT2D eigenvalue weighted by molar-refractivity contribution is -0.137. The highest BCUT2D eigenvalue weighted by Crippen LogP contribution is 1.96. The van der Waals surface area contributed by atoms with Crippen LogP contribution >= 0.6 is 0 Å². The Morgan fingerprint density at radius 2 is 2.35 bits per heavy atom. The number of nitrogens with one attached hydrogen (secondary N) is 2. The van der Waals surface area contributed by atoms with Crippen LogP contribution in [0.4, 0.5) is 4.79 Å². The molecule has 1 aromatic rings. The SMILES string of the molecule is CC(CCC(=O)O)NC(=O)NCc1ncon1. The minimum absolute atomic E-state index is 0.0201. The van der Waals surface area contributed by atoms with Gasteiger partial charge in [0.05, 0.1) is 6.54 Å². The first-order chi connectivity index (χ1) is 8.08. The zero-order valence-corrected chi connectivity index (χ0v) is 9.34. The summed E-state index contributed by atoms with van der Waals surface area (Å²) in [6.45, 7) is 1.89. The van der Waals surface area contributed by atoms with E-state index in [9.17, 15) is 9.59 Å². The molecule has 0 bridgehead atoms. The van der Waals surface area contributed by atoms with Gasteiger partial charge in [0.2, 0.25) is 6.39 Å². The highest BCUT2D eigenvalue weighted by atomic mass is 16.5. The van der Waals surface area contributed by atoms with Crippen molar-refractivity contribution in [3.63, 3.8) is 0 Å². The number of aliphatic carboxylic acids is 1. The molecule has 0 saturated carbocycles. The van der Waals surface area contributed by atoms with E-state index in [-0.39, 0.29) is 19.0 Å². The number of amides is 2. The van der Waals surface area contributed by atoms with Gasteiger partial charge in [0.15, 0.2) is 5.82 Å². The molecule has 0 radical (unpaired) electrons. The summed E-state index contributed by atoms with van der Waals surface area (Å²) in [5.41, 5.74) is 0. The average Bonchev–Trinajstić information content (AvgIpc) is 2.76. The Morgan fingerprint density at radius 1 is 1.59 bits per heavy atom. The molecule has 17 heavy (non-hydrogen) atoms. The molecule has 8 nitrogen and oxygen atoms in total. The standard InChI is InChI=1S/C9H14N4O4/c1-6(2-3-8(14)15)12-9(16)10-4-7-11-5-17-13-7/h5-6H,2-4H2,1H3,(H,14,15)(H2,10,12,16). The Hall–Kier alpha value is -2.12. The monoisotopic (exact) mass is 242 g/mol. The predicted octanol–water partition coefficient (Wildman–Crippen LogP) is 0.122. The van der Waals surface area contributed by atoms with Gasteiger partial charge in [-0.15, -0.1) is 0 Å². The molecule has 0 aliphatic rings. The molecule has 0 saturated heterocycles. The number of aromatic nitrogens is 2. The molecule has 0 aliphatic carbocycles. The van der Waals surface area contributed by atoms with E-state index in [1.54, 1.807) is 6.92 Å². The zero-order valence-electron chi connectivity index (χ0n) is 9.34. The van der Waals surface area contributed by atoms with Gasteiger partial charge in [0, 0.05) is 12.5 Å². The maximum Gasteiger partial charge on any atom is 0.315 e. The van der Waals surface area contributed by atoms with Crippen LogP contribution in [0.2, 0.25) is 0 Å². The van der Waals surface area contributed by atoms with E-state index in [1.165, 1.54) is 6.39 Å². The van der Waals surface area contributed by atoms with Crippen LogP contribution in [0.3, 0.4) is 0 Å². The second kappa shape index (κ2) is 6.46. The fourth-order valence-corrected chi connectivity index (χ4v) is 1.12. The van der Waals surface area contributed by atoms with Crippen molar-refractivity contribution in [3.8, 4) is 0 Å². The van der Waals surface area contributed by atoms with Crippen LogP contribution in [0.1, 0.15) is 25.6 Å². The van der Waals surface area contributed by atoms with Gasteiger partial charge in [-0.05, 0) is 13.3 Å². The van der Waals surface area contributed by atoms with Gasteiger partial charge in [0.25, 0.3) is 0 Å². The van der Waals surface area contributed by atoms with E-state index >= 15 is 0 Å². The van der Waals surface area contributed by atoms with Crippen LogP contribution < -0.4 is 10.6 Å². The van der Waals surface area contributed by atoms with Gasteiger partial charge in [0.1, 0.15) is 0 Å². The van der Waals surface area contributed by atoms with Crippen LogP contribution in [-0.4, -0.2) is 33.3 Å². The second-order valence-corrected chi connectivity index (χ2v) is 3.51. The molecule has 0 aliphatic heterocycles. The van der Waals surface area contributed by atoms with Crippen molar-refractivity contribution >= 4 is 12.0 Å². The number of nitrogens with zero attached hydrogens (tertiary/aromatic N) is 2. The van der Waals surface area contributed by atoms with Crippen molar-refractivity contribution in [1.29, 1.82) is 0 Å². The minimum atomic E-state index is -0.883. The molecule has 1 aromatic heterocycles. The molecular formula is C9H14N4O4. The van der Waals surface area contributed by atoms with E-state index in [2.05, 4.69) is 25.3 Å². The Morgan fingerprint density at radius 3 is 2.94 bits per heavy atom. The number of carboxylic acids is 1.